The summed E-state index contributed by atoms with van der Waals surface area (Å²) in [6.45, 7) is 14.5. The van der Waals surface area contributed by atoms with Gasteiger partial charge in [0.2, 0.25) is 5.91 Å². The first-order valence-corrected chi connectivity index (χ1v) is 12.0. The van der Waals surface area contributed by atoms with E-state index in [2.05, 4.69) is 66.6 Å². The molecule has 0 saturated carbocycles. The number of aromatic nitrogens is 2. The molecule has 1 aliphatic heterocycles. The van der Waals surface area contributed by atoms with E-state index in [1.807, 2.05) is 44.5 Å². The molecule has 4 rings (SSSR count). The van der Waals surface area contributed by atoms with Crippen molar-refractivity contribution in [1.29, 1.82) is 5.41 Å². The average Bonchev–Trinajstić information content (AvgIpc) is 3.15. The van der Waals surface area contributed by atoms with Crippen LogP contribution in [0.15, 0.2) is 36.7 Å². The zero-order chi connectivity index (χ0) is 25.3. The minimum atomic E-state index is 0. The first-order valence-electron chi connectivity index (χ1n) is 12.0. The van der Waals surface area contributed by atoms with Gasteiger partial charge in [0, 0.05) is 38.9 Å². The van der Waals surface area contributed by atoms with Crippen molar-refractivity contribution >= 4 is 23.9 Å². The minimum Gasteiger partial charge on any atom is -0.317 e. The number of amides is 1. The molecule has 1 N–H and O–H groups in total. The number of anilines is 1. The Labute approximate surface area is 206 Å². The largest absolute Gasteiger partial charge is 0.317 e. The molecule has 0 spiro atoms. The predicted molar refractivity (Wildman–Crippen MR) is 144 cm³/mol. The number of allylic oxidation sites excluding steroid dienone is 2. The van der Waals surface area contributed by atoms with Crippen molar-refractivity contribution in [3.8, 4) is 11.8 Å². The fourth-order valence-electron chi connectivity index (χ4n) is 4.64. The lowest BCUT2D eigenvalue weighted by Gasteiger charge is -2.44. The van der Waals surface area contributed by atoms with E-state index in [0.29, 0.717) is 5.92 Å². The summed E-state index contributed by atoms with van der Waals surface area (Å²) in [6.07, 6.45) is 10.4. The molecular formula is C29H39N4O. The number of rotatable bonds is 3. The number of carbonyl (C=O) groups excluding carboxylic acids is 1. The van der Waals surface area contributed by atoms with Crippen molar-refractivity contribution in [2.75, 3.05) is 4.90 Å². The first kappa shape index (κ1) is 27.0. The summed E-state index contributed by atoms with van der Waals surface area (Å²) in [5.41, 5.74) is 6.66. The lowest BCUT2D eigenvalue weighted by molar-refractivity contribution is -0.117. The third-order valence-electron chi connectivity index (χ3n) is 6.45. The van der Waals surface area contributed by atoms with E-state index in [9.17, 15) is 4.79 Å². The second kappa shape index (κ2) is 12.8. The van der Waals surface area contributed by atoms with Gasteiger partial charge in [-0.3, -0.25) is 14.8 Å². The number of fused-ring (bicyclic) bond motifs is 1. The molecule has 5 heteroatoms. The Morgan fingerprint density at radius 1 is 1.24 bits per heavy atom. The molecule has 0 bridgehead atoms. The van der Waals surface area contributed by atoms with E-state index in [-0.39, 0.29) is 19.3 Å². The highest BCUT2D eigenvalue weighted by Gasteiger charge is 2.38. The van der Waals surface area contributed by atoms with E-state index in [1.165, 1.54) is 16.7 Å². The summed E-state index contributed by atoms with van der Waals surface area (Å²) in [5, 5.41) is 5.50. The molecule has 1 radical (unpaired) electrons. The van der Waals surface area contributed by atoms with Gasteiger partial charge < -0.3 is 10.3 Å². The molecule has 34 heavy (non-hydrogen) atoms. The summed E-state index contributed by atoms with van der Waals surface area (Å²) in [5.74, 6) is 6.90. The molecule has 5 nitrogen and oxygen atoms in total. The molecule has 181 valence electrons. The average molecular weight is 460 g/mol. The van der Waals surface area contributed by atoms with Gasteiger partial charge in [0.05, 0.1) is 17.8 Å². The summed E-state index contributed by atoms with van der Waals surface area (Å²) >= 11 is 0. The summed E-state index contributed by atoms with van der Waals surface area (Å²) in [7, 11) is 0. The molecule has 1 aromatic carbocycles. The Balaban J connectivity index is 0.00000117. The third-order valence-corrected chi connectivity index (χ3v) is 6.45. The van der Waals surface area contributed by atoms with Crippen molar-refractivity contribution in [3.05, 3.63) is 65.6 Å². The molecule has 3 atom stereocenters. The second-order valence-electron chi connectivity index (χ2n) is 8.40. The van der Waals surface area contributed by atoms with Gasteiger partial charge in [-0.15, -0.1) is 5.92 Å². The molecule has 2 heterocycles. The fraction of sp³-hybridized carbons (Fsp3) is 0.414. The predicted octanol–water partition coefficient (Wildman–Crippen LogP) is 6.43. The van der Waals surface area contributed by atoms with E-state index in [0.717, 1.165) is 36.3 Å². The van der Waals surface area contributed by atoms with Crippen LogP contribution >= 0.6 is 0 Å². The molecule has 1 aliphatic carbocycles. The quantitative estimate of drug-likeness (QED) is 0.425. The van der Waals surface area contributed by atoms with Crippen LogP contribution < -0.4 is 4.90 Å². The normalized spacial score (nSPS) is 20.6. The van der Waals surface area contributed by atoms with Gasteiger partial charge in [-0.2, -0.15) is 0 Å². The number of carbonyl (C=O) groups is 1. The standard InChI is InChI=1S/C26H28N3O.C2H6.CH3N.H2/c1-17-15-28-23(16-27-17)14-24-18(2)19(3)29(20(4)30)26-12-11-22(13-25(24)26)21-9-7-5-6-8-10-21;2*1-2;/h7,9,11-13,15-16,18-19,24H,8,10,14H2,1-4H3;1-2H3;2H,1H2;1H/t18?,19-,24+;;;/m0.../s1. The number of aryl methyl sites for hydroxylation is 1. The highest BCUT2D eigenvalue weighted by molar-refractivity contribution is 5.94. The van der Waals surface area contributed by atoms with Crippen molar-refractivity contribution < 1.29 is 6.22 Å². The van der Waals surface area contributed by atoms with Crippen LogP contribution in [-0.4, -0.2) is 28.6 Å². The van der Waals surface area contributed by atoms with Gasteiger partial charge in [-0.25, -0.2) is 0 Å². The van der Waals surface area contributed by atoms with Crippen LogP contribution in [0.3, 0.4) is 0 Å². The van der Waals surface area contributed by atoms with Crippen LogP contribution in [-0.2, 0) is 11.2 Å². The van der Waals surface area contributed by atoms with E-state index < -0.39 is 0 Å². The molecule has 1 amide bonds. The van der Waals surface area contributed by atoms with Crippen LogP contribution in [0.5, 0.6) is 0 Å². The molecule has 0 fully saturated rings. The smallest absolute Gasteiger partial charge is 0.224 e. The van der Waals surface area contributed by atoms with Crippen LogP contribution in [0, 0.1) is 36.5 Å². The van der Waals surface area contributed by atoms with Gasteiger partial charge in [-0.1, -0.05) is 38.8 Å². The van der Waals surface area contributed by atoms with E-state index in [4.69, 9.17) is 5.41 Å². The Morgan fingerprint density at radius 2 is 1.97 bits per heavy atom. The third kappa shape index (κ3) is 5.99. The molecule has 1 unspecified atom stereocenters. The van der Waals surface area contributed by atoms with Crippen molar-refractivity contribution in [2.24, 2.45) is 5.92 Å². The first-order chi connectivity index (χ1) is 16.5. The van der Waals surface area contributed by atoms with Gasteiger partial charge >= 0.3 is 0 Å². The van der Waals surface area contributed by atoms with E-state index >= 15 is 0 Å². The maximum atomic E-state index is 12.5. The second-order valence-corrected chi connectivity index (χ2v) is 8.40. The number of nitrogens with zero attached hydrogens (tertiary/aromatic N) is 3. The van der Waals surface area contributed by atoms with Crippen molar-refractivity contribution in [3.63, 3.8) is 0 Å². The van der Waals surface area contributed by atoms with Gasteiger partial charge in [0.15, 0.2) is 0 Å². The number of benzene rings is 1. The van der Waals surface area contributed by atoms with Crippen LogP contribution in [0.25, 0.3) is 5.57 Å². The van der Waals surface area contributed by atoms with Crippen LogP contribution in [0.1, 0.15) is 77.3 Å². The molecule has 2 aromatic rings. The lowest BCUT2D eigenvalue weighted by atomic mass is 9.74. The SMILES string of the molecule is C=N.CC.CC(=O)N1c2ccc(C3=C[CH]C#CCC3)cc2[C@H](Cc2cnc(C)cn2)C(C)[C@@H]1C.[HH]. The number of nitrogens with one attached hydrogen (secondary N) is 1. The Bertz CT molecular complexity index is 1070. The highest BCUT2D eigenvalue weighted by Crippen LogP contribution is 2.44. The van der Waals surface area contributed by atoms with Gasteiger partial charge in [-0.05, 0) is 74.1 Å². The number of hydrogen-bond acceptors (Lipinski definition) is 4. The summed E-state index contributed by atoms with van der Waals surface area (Å²) in [4.78, 5) is 23.5. The monoisotopic (exact) mass is 459 g/mol. The maximum Gasteiger partial charge on any atom is 0.224 e. The van der Waals surface area contributed by atoms with Gasteiger partial charge in [0.1, 0.15) is 0 Å². The highest BCUT2D eigenvalue weighted by atomic mass is 16.2. The van der Waals surface area contributed by atoms with Crippen LogP contribution in [0.2, 0.25) is 0 Å². The number of hydrogen-bond donors (Lipinski definition) is 1. The molecular weight excluding hydrogens is 420 g/mol. The summed E-state index contributed by atoms with van der Waals surface area (Å²) in [6, 6.07) is 6.67. The Morgan fingerprint density at radius 3 is 2.62 bits per heavy atom. The fourth-order valence-corrected chi connectivity index (χ4v) is 4.64. The van der Waals surface area contributed by atoms with Crippen LogP contribution in [0.4, 0.5) is 5.69 Å². The maximum absolute atomic E-state index is 12.5. The minimum absolute atomic E-state index is 0. The zero-order valence-corrected chi connectivity index (χ0v) is 21.4. The molecule has 2 aliphatic rings. The lowest BCUT2D eigenvalue weighted by Crippen LogP contribution is -2.47. The molecule has 0 saturated heterocycles. The Hall–Kier alpha value is -3.26. The topological polar surface area (TPSA) is 69.9 Å². The van der Waals surface area contributed by atoms with Gasteiger partial charge in [0.25, 0.3) is 0 Å². The van der Waals surface area contributed by atoms with Crippen molar-refractivity contribution in [1.82, 2.24) is 9.97 Å². The van der Waals surface area contributed by atoms with Crippen molar-refractivity contribution in [2.45, 2.75) is 72.8 Å². The molecule has 1 aromatic heterocycles. The Kier molecular flexibility index (Phi) is 10.2. The van der Waals surface area contributed by atoms with E-state index in [1.54, 1.807) is 6.92 Å². The zero-order valence-electron chi connectivity index (χ0n) is 21.4. The summed E-state index contributed by atoms with van der Waals surface area (Å²) < 4.78 is 0.